The molecule has 1 heterocycles. The number of amides is 2. The van der Waals surface area contributed by atoms with Crippen LogP contribution >= 0.6 is 11.6 Å². The van der Waals surface area contributed by atoms with Gasteiger partial charge < -0.3 is 20.1 Å². The van der Waals surface area contributed by atoms with Gasteiger partial charge in [0, 0.05) is 37.0 Å². The first-order chi connectivity index (χ1) is 13.4. The van der Waals surface area contributed by atoms with Crippen LogP contribution in [0.4, 0.5) is 4.39 Å². The average molecular weight is 408 g/mol. The van der Waals surface area contributed by atoms with Gasteiger partial charge in [-0.05, 0) is 18.2 Å². The molecule has 0 saturated heterocycles. The van der Waals surface area contributed by atoms with Gasteiger partial charge in [-0.15, -0.1) is 0 Å². The van der Waals surface area contributed by atoms with Crippen LogP contribution in [0.15, 0.2) is 48.8 Å². The summed E-state index contributed by atoms with van der Waals surface area (Å²) in [6, 6.07) is 7.06. The minimum absolute atomic E-state index is 0.0300. The predicted molar refractivity (Wildman–Crippen MR) is 102 cm³/mol. The van der Waals surface area contributed by atoms with Crippen molar-refractivity contribution < 1.29 is 23.5 Å². The molecule has 2 aromatic rings. The molecule has 0 bridgehead atoms. The van der Waals surface area contributed by atoms with Gasteiger partial charge >= 0.3 is 0 Å². The number of ether oxygens (including phenoxy) is 2. The highest BCUT2D eigenvalue weighted by Gasteiger charge is 2.09. The maximum absolute atomic E-state index is 13.3. The fourth-order valence-corrected chi connectivity index (χ4v) is 2.19. The molecule has 148 valence electrons. The standard InChI is InChI=1S/C19H19ClFN3O4/c1-12(7-8-22-19(26)13-3-6-18(27-2)23-10-13)24-17(25)11-28-14-4-5-15(20)16(21)9-14/h3-6,9-10H,1,7-8,11H2,2H3,(H,22,26)(H,24,25). The minimum Gasteiger partial charge on any atom is -0.484 e. The monoisotopic (exact) mass is 407 g/mol. The van der Waals surface area contributed by atoms with E-state index in [1.54, 1.807) is 12.1 Å². The number of nitrogens with zero attached hydrogens (tertiary/aromatic N) is 1. The Morgan fingerprint density at radius 1 is 1.29 bits per heavy atom. The Hall–Kier alpha value is -3.13. The normalized spacial score (nSPS) is 10.1. The molecule has 2 N–H and O–H groups in total. The Balaban J connectivity index is 1.68. The molecule has 0 fully saturated rings. The Kier molecular flexibility index (Phi) is 7.76. The molecule has 1 aromatic heterocycles. The summed E-state index contributed by atoms with van der Waals surface area (Å²) in [6.45, 7) is 3.68. The van der Waals surface area contributed by atoms with Crippen LogP contribution in [-0.4, -0.2) is 37.1 Å². The van der Waals surface area contributed by atoms with Gasteiger partial charge in [0.15, 0.2) is 6.61 Å². The van der Waals surface area contributed by atoms with E-state index < -0.39 is 11.7 Å². The molecule has 0 aliphatic rings. The van der Waals surface area contributed by atoms with Crippen molar-refractivity contribution in [1.82, 2.24) is 15.6 Å². The van der Waals surface area contributed by atoms with Crippen LogP contribution in [0.2, 0.25) is 5.02 Å². The number of pyridine rings is 1. The van der Waals surface area contributed by atoms with E-state index in [2.05, 4.69) is 22.2 Å². The lowest BCUT2D eigenvalue weighted by Gasteiger charge is -2.11. The van der Waals surface area contributed by atoms with Gasteiger partial charge in [0.1, 0.15) is 11.6 Å². The Morgan fingerprint density at radius 3 is 2.71 bits per heavy atom. The van der Waals surface area contributed by atoms with E-state index in [4.69, 9.17) is 21.1 Å². The maximum Gasteiger partial charge on any atom is 0.262 e. The van der Waals surface area contributed by atoms with Crippen molar-refractivity contribution in [2.24, 2.45) is 0 Å². The summed E-state index contributed by atoms with van der Waals surface area (Å²) < 4.78 is 23.4. The Bertz CT molecular complexity index is 859. The Morgan fingerprint density at radius 2 is 2.07 bits per heavy atom. The van der Waals surface area contributed by atoms with Crippen LogP contribution in [0.3, 0.4) is 0 Å². The van der Waals surface area contributed by atoms with E-state index in [1.165, 1.54) is 25.4 Å². The molecular weight excluding hydrogens is 389 g/mol. The molecule has 0 unspecified atom stereocenters. The molecule has 7 nitrogen and oxygen atoms in total. The topological polar surface area (TPSA) is 89.5 Å². The van der Waals surface area contributed by atoms with Crippen molar-refractivity contribution in [2.75, 3.05) is 20.3 Å². The van der Waals surface area contributed by atoms with Crippen LogP contribution in [0.5, 0.6) is 11.6 Å². The van der Waals surface area contributed by atoms with Crippen LogP contribution < -0.4 is 20.1 Å². The first-order valence-electron chi connectivity index (χ1n) is 8.22. The summed E-state index contributed by atoms with van der Waals surface area (Å²) in [4.78, 5) is 27.8. The van der Waals surface area contributed by atoms with Crippen LogP contribution in [0.1, 0.15) is 16.8 Å². The number of halogens is 2. The molecule has 1 aromatic carbocycles. The summed E-state index contributed by atoms with van der Waals surface area (Å²) in [5.41, 5.74) is 0.795. The molecule has 0 aliphatic carbocycles. The molecule has 0 spiro atoms. The van der Waals surface area contributed by atoms with Crippen molar-refractivity contribution in [3.05, 3.63) is 65.2 Å². The molecule has 0 aliphatic heterocycles. The summed E-state index contributed by atoms with van der Waals surface area (Å²) in [5.74, 6) is -0.792. The molecule has 0 saturated carbocycles. The highest BCUT2D eigenvalue weighted by molar-refractivity contribution is 6.30. The lowest BCUT2D eigenvalue weighted by atomic mass is 10.2. The lowest BCUT2D eigenvalue weighted by Crippen LogP contribution is -2.31. The second-order valence-electron chi connectivity index (χ2n) is 5.61. The lowest BCUT2D eigenvalue weighted by molar-refractivity contribution is -0.122. The zero-order chi connectivity index (χ0) is 20.5. The first-order valence-corrected chi connectivity index (χ1v) is 8.60. The number of carbonyl (C=O) groups excluding carboxylic acids is 2. The molecular formula is C19H19ClFN3O4. The number of hydrogen-bond donors (Lipinski definition) is 2. The predicted octanol–water partition coefficient (Wildman–Crippen LogP) is 2.71. The van der Waals surface area contributed by atoms with Gasteiger partial charge in [-0.1, -0.05) is 18.2 Å². The number of carbonyl (C=O) groups is 2. The molecule has 0 atom stereocenters. The second-order valence-corrected chi connectivity index (χ2v) is 6.02. The largest absolute Gasteiger partial charge is 0.484 e. The fraction of sp³-hybridized carbons (Fsp3) is 0.211. The molecule has 28 heavy (non-hydrogen) atoms. The zero-order valence-electron chi connectivity index (χ0n) is 15.1. The summed E-state index contributed by atoms with van der Waals surface area (Å²) in [6.07, 6.45) is 1.73. The van der Waals surface area contributed by atoms with Crippen molar-refractivity contribution in [3.8, 4) is 11.6 Å². The van der Waals surface area contributed by atoms with Crippen LogP contribution in [0, 0.1) is 5.82 Å². The highest BCUT2D eigenvalue weighted by Crippen LogP contribution is 2.20. The molecule has 9 heteroatoms. The van der Waals surface area contributed by atoms with Gasteiger partial charge in [0.05, 0.1) is 17.7 Å². The molecule has 2 rings (SSSR count). The fourth-order valence-electron chi connectivity index (χ4n) is 2.08. The molecule has 2 amide bonds. The third-order valence-corrected chi connectivity index (χ3v) is 3.80. The first kappa shape index (κ1) is 21.2. The van der Waals surface area contributed by atoms with Crippen LogP contribution in [-0.2, 0) is 4.79 Å². The quantitative estimate of drug-likeness (QED) is 0.667. The number of methoxy groups -OCH3 is 1. The van der Waals surface area contributed by atoms with Gasteiger partial charge in [-0.25, -0.2) is 9.37 Å². The number of nitrogens with one attached hydrogen (secondary N) is 2. The van der Waals surface area contributed by atoms with E-state index in [0.717, 1.165) is 6.07 Å². The second kappa shape index (κ2) is 10.3. The van der Waals surface area contributed by atoms with Crippen molar-refractivity contribution in [2.45, 2.75) is 6.42 Å². The number of aromatic nitrogens is 1. The smallest absolute Gasteiger partial charge is 0.262 e. The van der Waals surface area contributed by atoms with Crippen molar-refractivity contribution in [3.63, 3.8) is 0 Å². The third-order valence-electron chi connectivity index (χ3n) is 3.50. The summed E-state index contributed by atoms with van der Waals surface area (Å²) >= 11 is 5.58. The Labute approximate surface area is 166 Å². The van der Waals surface area contributed by atoms with E-state index in [-0.39, 0.29) is 29.8 Å². The van der Waals surface area contributed by atoms with E-state index >= 15 is 0 Å². The minimum atomic E-state index is -0.633. The average Bonchev–Trinajstić information content (AvgIpc) is 2.68. The number of rotatable bonds is 9. The zero-order valence-corrected chi connectivity index (χ0v) is 15.9. The number of hydrogen-bond acceptors (Lipinski definition) is 5. The van der Waals surface area contributed by atoms with E-state index in [1.807, 2.05) is 0 Å². The number of benzene rings is 1. The molecule has 0 radical (unpaired) electrons. The van der Waals surface area contributed by atoms with Crippen molar-refractivity contribution in [1.29, 1.82) is 0 Å². The van der Waals surface area contributed by atoms with E-state index in [0.29, 0.717) is 23.6 Å². The SMILES string of the molecule is C=C(CCNC(=O)c1ccc(OC)nc1)NC(=O)COc1ccc(Cl)c(F)c1. The highest BCUT2D eigenvalue weighted by atomic mass is 35.5. The maximum atomic E-state index is 13.3. The van der Waals surface area contributed by atoms with Crippen LogP contribution in [0.25, 0.3) is 0 Å². The van der Waals surface area contributed by atoms with Gasteiger partial charge in [0.2, 0.25) is 5.88 Å². The van der Waals surface area contributed by atoms with Gasteiger partial charge in [-0.2, -0.15) is 0 Å². The van der Waals surface area contributed by atoms with Gasteiger partial charge in [0.25, 0.3) is 11.8 Å². The van der Waals surface area contributed by atoms with E-state index in [9.17, 15) is 14.0 Å². The van der Waals surface area contributed by atoms with Crippen molar-refractivity contribution >= 4 is 23.4 Å². The summed E-state index contributed by atoms with van der Waals surface area (Å²) in [7, 11) is 1.49. The third kappa shape index (κ3) is 6.55. The summed E-state index contributed by atoms with van der Waals surface area (Å²) in [5, 5.41) is 5.21. The van der Waals surface area contributed by atoms with Gasteiger partial charge in [-0.3, -0.25) is 9.59 Å².